The fraction of sp³-hybridized carbons (Fsp3) is 0.0323. The Hall–Kier alpha value is -8.00. The van der Waals surface area contributed by atoms with Gasteiger partial charge in [0.25, 0.3) is 0 Å². The van der Waals surface area contributed by atoms with Crippen molar-refractivity contribution in [2.45, 2.75) is 12.3 Å². The van der Waals surface area contributed by atoms with E-state index in [0.717, 1.165) is 17.1 Å². The largest absolute Gasteiger partial charge is 0.310 e. The van der Waals surface area contributed by atoms with Gasteiger partial charge in [0.05, 0.1) is 11.4 Å². The van der Waals surface area contributed by atoms with Crippen molar-refractivity contribution in [1.29, 1.82) is 0 Å². The van der Waals surface area contributed by atoms with Crippen molar-refractivity contribution in [2.24, 2.45) is 0 Å². The second kappa shape index (κ2) is 14.9. The summed E-state index contributed by atoms with van der Waals surface area (Å²) in [6.07, 6.45) is 0. The first-order chi connectivity index (χ1) is 31.2. The molecule has 0 heterocycles. The van der Waals surface area contributed by atoms with E-state index in [4.69, 9.17) is 0 Å². The molecule has 0 bridgehead atoms. The van der Waals surface area contributed by atoms with Gasteiger partial charge in [-0.15, -0.1) is 0 Å². The van der Waals surface area contributed by atoms with Crippen LogP contribution in [0.5, 0.6) is 0 Å². The Bertz CT molecular complexity index is 3500. The number of anilines is 3. The SMILES string of the molecule is CC1(c2ccccc2)c2ccccc2-c2cccc(N(c3ccc4c(c3)c(-c3ccccc3)c(-c3ccccc3)c3ccccc34)c3ccc(-c4ccccc4)c4ccccc34)c21. The molecular weight excluding hydrogens is 759 g/mol. The van der Waals surface area contributed by atoms with E-state index in [1.54, 1.807) is 0 Å². The molecule has 1 nitrogen and oxygen atoms in total. The van der Waals surface area contributed by atoms with Crippen LogP contribution in [0.1, 0.15) is 23.6 Å². The normalized spacial score (nSPS) is 14.2. The van der Waals surface area contributed by atoms with Crippen LogP contribution < -0.4 is 4.90 Å². The van der Waals surface area contributed by atoms with E-state index in [1.165, 1.54) is 93.5 Å². The van der Waals surface area contributed by atoms with E-state index in [2.05, 4.69) is 254 Å². The Morgan fingerprint density at radius 3 is 1.54 bits per heavy atom. The molecule has 296 valence electrons. The average molecular weight is 802 g/mol. The highest BCUT2D eigenvalue weighted by molar-refractivity contribution is 6.22. The zero-order valence-electron chi connectivity index (χ0n) is 35.0. The van der Waals surface area contributed by atoms with Crippen molar-refractivity contribution in [1.82, 2.24) is 0 Å². The molecule has 0 N–H and O–H groups in total. The van der Waals surface area contributed by atoms with Crippen LogP contribution in [0.15, 0.2) is 243 Å². The second-order valence-electron chi connectivity index (χ2n) is 16.9. The van der Waals surface area contributed by atoms with Gasteiger partial charge in [0.15, 0.2) is 0 Å². The molecule has 1 unspecified atom stereocenters. The van der Waals surface area contributed by atoms with Crippen LogP contribution in [0.3, 0.4) is 0 Å². The minimum absolute atomic E-state index is 0.426. The lowest BCUT2D eigenvalue weighted by Crippen LogP contribution is -2.25. The van der Waals surface area contributed by atoms with E-state index < -0.39 is 5.41 Å². The van der Waals surface area contributed by atoms with E-state index in [0.29, 0.717) is 0 Å². The molecule has 0 saturated heterocycles. The summed E-state index contributed by atoms with van der Waals surface area (Å²) in [6.45, 7) is 2.43. The van der Waals surface area contributed by atoms with Gasteiger partial charge in [-0.2, -0.15) is 0 Å². The molecular formula is C62H43N. The molecule has 0 aromatic heterocycles. The van der Waals surface area contributed by atoms with E-state index >= 15 is 0 Å². The van der Waals surface area contributed by atoms with Gasteiger partial charge in [0.2, 0.25) is 0 Å². The van der Waals surface area contributed by atoms with Crippen LogP contribution in [0, 0.1) is 0 Å². The van der Waals surface area contributed by atoms with E-state index in [1.807, 2.05) is 0 Å². The molecule has 1 heteroatoms. The predicted octanol–water partition coefficient (Wildman–Crippen LogP) is 17.0. The summed E-state index contributed by atoms with van der Waals surface area (Å²) in [5.74, 6) is 0. The zero-order chi connectivity index (χ0) is 41.9. The zero-order valence-corrected chi connectivity index (χ0v) is 35.0. The summed E-state index contributed by atoms with van der Waals surface area (Å²) >= 11 is 0. The molecule has 0 aliphatic heterocycles. The third kappa shape index (κ3) is 5.78. The maximum Gasteiger partial charge on any atom is 0.0540 e. The Morgan fingerprint density at radius 1 is 0.317 bits per heavy atom. The molecule has 1 atom stereocenters. The highest BCUT2D eigenvalue weighted by atomic mass is 15.1. The fourth-order valence-electron chi connectivity index (χ4n) is 10.7. The summed E-state index contributed by atoms with van der Waals surface area (Å²) < 4.78 is 0. The third-order valence-corrected chi connectivity index (χ3v) is 13.5. The van der Waals surface area contributed by atoms with Crippen molar-refractivity contribution in [2.75, 3.05) is 4.90 Å². The van der Waals surface area contributed by atoms with Gasteiger partial charge >= 0.3 is 0 Å². The Labute approximate surface area is 368 Å². The summed E-state index contributed by atoms with van der Waals surface area (Å²) in [4.78, 5) is 2.56. The number of fused-ring (bicyclic) bond motifs is 7. The lowest BCUT2D eigenvalue weighted by Gasteiger charge is -2.35. The van der Waals surface area contributed by atoms with Crippen LogP contribution in [-0.4, -0.2) is 0 Å². The second-order valence-corrected chi connectivity index (χ2v) is 16.9. The minimum Gasteiger partial charge on any atom is -0.310 e. The van der Waals surface area contributed by atoms with Crippen LogP contribution in [0.25, 0.3) is 76.8 Å². The first-order valence-corrected chi connectivity index (χ1v) is 21.9. The smallest absolute Gasteiger partial charge is 0.0540 e. The van der Waals surface area contributed by atoms with E-state index in [-0.39, 0.29) is 0 Å². The highest BCUT2D eigenvalue weighted by Crippen LogP contribution is 2.58. The summed E-state index contributed by atoms with van der Waals surface area (Å²) in [5, 5.41) is 7.36. The lowest BCUT2D eigenvalue weighted by molar-refractivity contribution is 0.714. The van der Waals surface area contributed by atoms with Crippen LogP contribution in [0.4, 0.5) is 17.1 Å². The summed E-state index contributed by atoms with van der Waals surface area (Å²) in [6, 6.07) is 89.5. The molecule has 1 aliphatic rings. The Balaban J connectivity index is 1.22. The molecule has 0 saturated carbocycles. The first-order valence-electron chi connectivity index (χ1n) is 21.9. The molecule has 63 heavy (non-hydrogen) atoms. The monoisotopic (exact) mass is 801 g/mol. The summed E-state index contributed by atoms with van der Waals surface area (Å²) in [7, 11) is 0. The van der Waals surface area contributed by atoms with Crippen LogP contribution in [-0.2, 0) is 5.41 Å². The highest BCUT2D eigenvalue weighted by Gasteiger charge is 2.43. The third-order valence-electron chi connectivity index (χ3n) is 13.5. The minimum atomic E-state index is -0.426. The van der Waals surface area contributed by atoms with Gasteiger partial charge in [0.1, 0.15) is 0 Å². The number of benzene rings is 11. The van der Waals surface area contributed by atoms with Crippen molar-refractivity contribution in [3.63, 3.8) is 0 Å². The fourth-order valence-corrected chi connectivity index (χ4v) is 10.7. The molecule has 0 amide bonds. The van der Waals surface area contributed by atoms with Gasteiger partial charge in [-0.1, -0.05) is 218 Å². The topological polar surface area (TPSA) is 3.24 Å². The van der Waals surface area contributed by atoms with Crippen molar-refractivity contribution in [3.05, 3.63) is 259 Å². The quantitative estimate of drug-likeness (QED) is 0.145. The first kappa shape index (κ1) is 36.8. The maximum absolute atomic E-state index is 2.56. The molecule has 0 radical (unpaired) electrons. The standard InChI is InChI=1S/C62H43N/c1-62(45-27-12-5-13-28-45)56-35-19-18-31-51(56)54-34-20-36-58(61(54)62)63(57-40-39-47(42-21-6-2-7-22-42)48-29-14-16-32-52(48)57)46-37-38-50-49-30-15-17-33-53(49)59(43-23-8-3-9-24-43)60(55(50)41-46)44-25-10-4-11-26-44/h2-41H,1H3. The van der Waals surface area contributed by atoms with Crippen molar-refractivity contribution < 1.29 is 0 Å². The maximum atomic E-state index is 2.56. The molecule has 11 aromatic carbocycles. The van der Waals surface area contributed by atoms with Gasteiger partial charge < -0.3 is 4.90 Å². The predicted molar refractivity (Wildman–Crippen MR) is 267 cm³/mol. The van der Waals surface area contributed by atoms with Gasteiger partial charge in [-0.3, -0.25) is 0 Å². The molecule has 1 aliphatic carbocycles. The van der Waals surface area contributed by atoms with Gasteiger partial charge in [0, 0.05) is 16.5 Å². The summed E-state index contributed by atoms with van der Waals surface area (Å²) in [5.41, 5.74) is 16.8. The average Bonchev–Trinajstić information content (AvgIpc) is 3.63. The van der Waals surface area contributed by atoms with Gasteiger partial charge in [-0.25, -0.2) is 0 Å². The number of hydrogen-bond donors (Lipinski definition) is 0. The Kier molecular flexibility index (Phi) is 8.69. The van der Waals surface area contributed by atoms with Crippen LogP contribution >= 0.6 is 0 Å². The van der Waals surface area contributed by atoms with Crippen molar-refractivity contribution >= 4 is 49.4 Å². The molecule has 0 fully saturated rings. The molecule has 0 spiro atoms. The lowest BCUT2D eigenvalue weighted by atomic mass is 9.73. The number of nitrogens with zero attached hydrogens (tertiary/aromatic N) is 1. The molecule has 11 aromatic rings. The van der Waals surface area contributed by atoms with E-state index in [9.17, 15) is 0 Å². The Morgan fingerprint density at radius 2 is 0.841 bits per heavy atom. The van der Waals surface area contributed by atoms with Crippen molar-refractivity contribution in [3.8, 4) is 44.5 Å². The van der Waals surface area contributed by atoms with Crippen LogP contribution in [0.2, 0.25) is 0 Å². The van der Waals surface area contributed by atoms with Gasteiger partial charge in [-0.05, 0) is 119 Å². The molecule has 12 rings (SSSR count). The number of rotatable bonds is 7. The number of hydrogen-bond acceptors (Lipinski definition) is 1.